The molecule has 0 aromatic carbocycles. The van der Waals surface area contributed by atoms with Crippen molar-refractivity contribution in [2.45, 2.75) is 57.6 Å². The van der Waals surface area contributed by atoms with Crippen LogP contribution in [0.15, 0.2) is 0 Å². The van der Waals surface area contributed by atoms with Crippen LogP contribution in [0.4, 0.5) is 0 Å². The van der Waals surface area contributed by atoms with Gasteiger partial charge in [0.1, 0.15) is 0 Å². The number of hydrogen-bond acceptors (Lipinski definition) is 3. The van der Waals surface area contributed by atoms with Crippen molar-refractivity contribution in [1.29, 1.82) is 0 Å². The van der Waals surface area contributed by atoms with Gasteiger partial charge in [0.05, 0.1) is 6.10 Å². The standard InChI is InChI=1S/C14H28N2O/c1-13(12-16-9-3-4-10-16)15-8-7-14-6-2-5-11-17-14/h13-15H,2-12H2,1H3. The molecule has 0 amide bonds. The Hall–Kier alpha value is -0.120. The van der Waals surface area contributed by atoms with Crippen LogP contribution in [0, 0.1) is 0 Å². The van der Waals surface area contributed by atoms with Gasteiger partial charge in [0.15, 0.2) is 0 Å². The molecular formula is C14H28N2O. The monoisotopic (exact) mass is 240 g/mol. The molecule has 0 aromatic heterocycles. The van der Waals surface area contributed by atoms with E-state index in [1.165, 1.54) is 58.2 Å². The fraction of sp³-hybridized carbons (Fsp3) is 1.00. The topological polar surface area (TPSA) is 24.5 Å². The lowest BCUT2D eigenvalue weighted by molar-refractivity contribution is 0.0111. The third kappa shape index (κ3) is 4.94. The molecule has 2 unspecified atom stereocenters. The molecule has 0 radical (unpaired) electrons. The Morgan fingerprint density at radius 3 is 2.76 bits per heavy atom. The average Bonchev–Trinajstić information content (AvgIpc) is 2.83. The summed E-state index contributed by atoms with van der Waals surface area (Å²) in [5, 5.41) is 3.64. The Morgan fingerprint density at radius 1 is 1.24 bits per heavy atom. The van der Waals surface area contributed by atoms with Gasteiger partial charge < -0.3 is 15.0 Å². The number of nitrogens with zero attached hydrogens (tertiary/aromatic N) is 1. The predicted molar refractivity (Wildman–Crippen MR) is 71.3 cm³/mol. The molecule has 2 atom stereocenters. The first-order chi connectivity index (χ1) is 8.34. The summed E-state index contributed by atoms with van der Waals surface area (Å²) in [6, 6.07) is 0.622. The molecule has 2 aliphatic heterocycles. The highest BCUT2D eigenvalue weighted by Crippen LogP contribution is 2.15. The van der Waals surface area contributed by atoms with Crippen molar-refractivity contribution in [1.82, 2.24) is 10.2 Å². The van der Waals surface area contributed by atoms with E-state index in [0.29, 0.717) is 12.1 Å². The van der Waals surface area contributed by atoms with Gasteiger partial charge in [0.25, 0.3) is 0 Å². The lowest BCUT2D eigenvalue weighted by atomic mass is 10.1. The van der Waals surface area contributed by atoms with E-state index in [2.05, 4.69) is 17.1 Å². The van der Waals surface area contributed by atoms with Gasteiger partial charge in [-0.15, -0.1) is 0 Å². The van der Waals surface area contributed by atoms with Crippen LogP contribution in [0.25, 0.3) is 0 Å². The Kier molecular flexibility index (Phi) is 5.75. The van der Waals surface area contributed by atoms with Crippen LogP contribution in [0.3, 0.4) is 0 Å². The molecule has 0 spiro atoms. The largest absolute Gasteiger partial charge is 0.378 e. The molecule has 2 fully saturated rings. The molecule has 0 aromatic rings. The van der Waals surface area contributed by atoms with Crippen LogP contribution >= 0.6 is 0 Å². The van der Waals surface area contributed by atoms with Crippen LogP contribution in [-0.2, 0) is 4.74 Å². The SMILES string of the molecule is CC(CN1CCCC1)NCCC1CCCCO1. The van der Waals surface area contributed by atoms with E-state index in [4.69, 9.17) is 4.74 Å². The van der Waals surface area contributed by atoms with Gasteiger partial charge in [-0.1, -0.05) is 0 Å². The number of ether oxygens (including phenoxy) is 1. The number of likely N-dealkylation sites (tertiary alicyclic amines) is 1. The van der Waals surface area contributed by atoms with Crippen molar-refractivity contribution in [3.8, 4) is 0 Å². The molecule has 0 saturated carbocycles. The Labute approximate surface area is 106 Å². The van der Waals surface area contributed by atoms with Crippen LogP contribution in [0.5, 0.6) is 0 Å². The molecule has 2 aliphatic rings. The Bertz CT molecular complexity index is 198. The molecule has 17 heavy (non-hydrogen) atoms. The molecule has 2 saturated heterocycles. The fourth-order valence-electron chi connectivity index (χ4n) is 2.94. The van der Waals surface area contributed by atoms with E-state index in [-0.39, 0.29) is 0 Å². The molecule has 1 N–H and O–H groups in total. The van der Waals surface area contributed by atoms with Crippen molar-refractivity contribution >= 4 is 0 Å². The summed E-state index contributed by atoms with van der Waals surface area (Å²) >= 11 is 0. The zero-order valence-electron chi connectivity index (χ0n) is 11.3. The molecule has 3 nitrogen and oxygen atoms in total. The van der Waals surface area contributed by atoms with Crippen molar-refractivity contribution < 1.29 is 4.74 Å². The highest BCUT2D eigenvalue weighted by Gasteiger charge is 2.16. The summed E-state index contributed by atoms with van der Waals surface area (Å²) < 4.78 is 5.74. The number of rotatable bonds is 6. The third-order valence-corrected chi connectivity index (χ3v) is 3.96. The van der Waals surface area contributed by atoms with Crippen molar-refractivity contribution in [3.63, 3.8) is 0 Å². The summed E-state index contributed by atoms with van der Waals surface area (Å²) in [5.74, 6) is 0. The maximum Gasteiger partial charge on any atom is 0.0587 e. The van der Waals surface area contributed by atoms with E-state index in [9.17, 15) is 0 Å². The molecule has 2 rings (SSSR count). The summed E-state index contributed by atoms with van der Waals surface area (Å²) in [6.07, 6.45) is 8.37. The summed E-state index contributed by atoms with van der Waals surface area (Å²) in [6.45, 7) is 8.22. The third-order valence-electron chi connectivity index (χ3n) is 3.96. The van der Waals surface area contributed by atoms with E-state index >= 15 is 0 Å². The zero-order valence-corrected chi connectivity index (χ0v) is 11.3. The summed E-state index contributed by atoms with van der Waals surface area (Å²) in [4.78, 5) is 2.58. The minimum atomic E-state index is 0.523. The van der Waals surface area contributed by atoms with Gasteiger partial charge in [-0.05, 0) is 65.1 Å². The first-order valence-electron chi connectivity index (χ1n) is 7.42. The van der Waals surface area contributed by atoms with Crippen molar-refractivity contribution in [2.24, 2.45) is 0 Å². The van der Waals surface area contributed by atoms with Crippen molar-refractivity contribution in [3.05, 3.63) is 0 Å². The van der Waals surface area contributed by atoms with Crippen LogP contribution < -0.4 is 5.32 Å². The van der Waals surface area contributed by atoms with Gasteiger partial charge in [0.2, 0.25) is 0 Å². The fourth-order valence-corrected chi connectivity index (χ4v) is 2.94. The second kappa shape index (κ2) is 7.34. The average molecular weight is 240 g/mol. The molecular weight excluding hydrogens is 212 g/mol. The first kappa shape index (κ1) is 13.3. The van der Waals surface area contributed by atoms with Crippen LogP contribution in [0.2, 0.25) is 0 Å². The van der Waals surface area contributed by atoms with E-state index in [1.807, 2.05) is 0 Å². The van der Waals surface area contributed by atoms with Gasteiger partial charge in [-0.3, -0.25) is 0 Å². The number of nitrogens with one attached hydrogen (secondary N) is 1. The molecule has 0 aliphatic carbocycles. The number of hydrogen-bond donors (Lipinski definition) is 1. The quantitative estimate of drug-likeness (QED) is 0.769. The maximum absolute atomic E-state index is 5.74. The Balaban J connectivity index is 1.51. The summed E-state index contributed by atoms with van der Waals surface area (Å²) in [5.41, 5.74) is 0. The van der Waals surface area contributed by atoms with Crippen LogP contribution in [-0.4, -0.2) is 49.8 Å². The van der Waals surface area contributed by atoms with E-state index in [1.54, 1.807) is 0 Å². The second-order valence-corrected chi connectivity index (χ2v) is 5.64. The smallest absolute Gasteiger partial charge is 0.0587 e. The highest BCUT2D eigenvalue weighted by atomic mass is 16.5. The second-order valence-electron chi connectivity index (χ2n) is 5.64. The maximum atomic E-state index is 5.74. The molecule has 0 bridgehead atoms. The molecule has 100 valence electrons. The summed E-state index contributed by atoms with van der Waals surface area (Å²) in [7, 11) is 0. The molecule has 2 heterocycles. The molecule has 3 heteroatoms. The van der Waals surface area contributed by atoms with Crippen LogP contribution in [0.1, 0.15) is 45.4 Å². The van der Waals surface area contributed by atoms with Gasteiger partial charge in [-0.2, -0.15) is 0 Å². The lowest BCUT2D eigenvalue weighted by Gasteiger charge is -2.25. The van der Waals surface area contributed by atoms with E-state index in [0.717, 1.165) is 13.2 Å². The van der Waals surface area contributed by atoms with Gasteiger partial charge in [-0.25, -0.2) is 0 Å². The predicted octanol–water partition coefficient (Wildman–Crippen LogP) is 2.02. The minimum absolute atomic E-state index is 0.523. The minimum Gasteiger partial charge on any atom is -0.378 e. The van der Waals surface area contributed by atoms with Gasteiger partial charge >= 0.3 is 0 Å². The normalized spacial score (nSPS) is 28.4. The van der Waals surface area contributed by atoms with E-state index < -0.39 is 0 Å². The Morgan fingerprint density at radius 2 is 2.06 bits per heavy atom. The van der Waals surface area contributed by atoms with Gasteiger partial charge in [0, 0.05) is 19.2 Å². The lowest BCUT2D eigenvalue weighted by Crippen LogP contribution is -2.39. The van der Waals surface area contributed by atoms with Crippen molar-refractivity contribution in [2.75, 3.05) is 32.8 Å². The highest BCUT2D eigenvalue weighted by molar-refractivity contribution is 4.73. The first-order valence-corrected chi connectivity index (χ1v) is 7.42. The zero-order chi connectivity index (χ0) is 11.9.